The van der Waals surface area contributed by atoms with Crippen molar-refractivity contribution in [3.8, 4) is 22.8 Å². The SMILES string of the molecule is COC(=O)c1c(-c2ccc(OCC(=O)NN=Cc3ccc(SC)cc3)c(OC)c2)nc(=O)[nH]c1C. The van der Waals surface area contributed by atoms with Gasteiger partial charge in [-0.1, -0.05) is 12.1 Å². The third kappa shape index (κ3) is 6.48. The van der Waals surface area contributed by atoms with Crippen LogP contribution >= 0.6 is 11.8 Å². The zero-order chi connectivity index (χ0) is 25.4. The van der Waals surface area contributed by atoms with Crippen LogP contribution in [0.5, 0.6) is 11.5 Å². The van der Waals surface area contributed by atoms with Gasteiger partial charge < -0.3 is 19.2 Å². The van der Waals surface area contributed by atoms with E-state index in [1.807, 2.05) is 30.5 Å². The van der Waals surface area contributed by atoms with Gasteiger partial charge in [0.25, 0.3) is 5.91 Å². The normalized spacial score (nSPS) is 10.7. The molecule has 10 nitrogen and oxygen atoms in total. The number of hydrogen-bond acceptors (Lipinski definition) is 9. The van der Waals surface area contributed by atoms with Crippen molar-refractivity contribution in [3.63, 3.8) is 0 Å². The van der Waals surface area contributed by atoms with Crippen LogP contribution in [0, 0.1) is 6.92 Å². The smallest absolute Gasteiger partial charge is 0.345 e. The number of nitrogens with one attached hydrogen (secondary N) is 2. The molecule has 1 heterocycles. The molecule has 0 radical (unpaired) electrons. The number of H-pyrrole nitrogens is 1. The van der Waals surface area contributed by atoms with Gasteiger partial charge in [0.1, 0.15) is 5.56 Å². The Balaban J connectivity index is 1.71. The number of aromatic amines is 1. The fraction of sp³-hybridized carbons (Fsp3) is 0.208. The number of ether oxygens (including phenoxy) is 3. The third-order valence-corrected chi connectivity index (χ3v) is 5.57. The highest BCUT2D eigenvalue weighted by molar-refractivity contribution is 7.98. The highest BCUT2D eigenvalue weighted by atomic mass is 32.2. The predicted molar refractivity (Wildman–Crippen MR) is 132 cm³/mol. The van der Waals surface area contributed by atoms with Gasteiger partial charge in [-0.15, -0.1) is 11.8 Å². The molecule has 182 valence electrons. The first-order valence-corrected chi connectivity index (χ1v) is 11.5. The van der Waals surface area contributed by atoms with Crippen molar-refractivity contribution < 1.29 is 23.8 Å². The van der Waals surface area contributed by atoms with Crippen molar-refractivity contribution >= 4 is 29.9 Å². The number of benzene rings is 2. The van der Waals surface area contributed by atoms with Crippen molar-refractivity contribution in [1.82, 2.24) is 15.4 Å². The molecule has 0 aliphatic rings. The minimum Gasteiger partial charge on any atom is -0.493 e. The summed E-state index contributed by atoms with van der Waals surface area (Å²) in [5.41, 5.74) is 3.66. The molecule has 0 fully saturated rings. The molecule has 0 aliphatic carbocycles. The molecule has 35 heavy (non-hydrogen) atoms. The summed E-state index contributed by atoms with van der Waals surface area (Å²) in [6.45, 7) is 1.27. The zero-order valence-corrected chi connectivity index (χ0v) is 20.4. The fourth-order valence-corrected chi connectivity index (χ4v) is 3.53. The van der Waals surface area contributed by atoms with Crippen LogP contribution in [0.15, 0.2) is 57.3 Å². The molecule has 3 aromatic rings. The van der Waals surface area contributed by atoms with Crippen LogP contribution in [0.4, 0.5) is 0 Å². The molecule has 2 aromatic carbocycles. The van der Waals surface area contributed by atoms with E-state index < -0.39 is 17.6 Å². The summed E-state index contributed by atoms with van der Waals surface area (Å²) in [4.78, 5) is 43.8. The Labute approximate surface area is 205 Å². The van der Waals surface area contributed by atoms with Crippen LogP contribution in [0.1, 0.15) is 21.6 Å². The minimum absolute atomic E-state index is 0.128. The van der Waals surface area contributed by atoms with Crippen LogP contribution in [0.25, 0.3) is 11.3 Å². The van der Waals surface area contributed by atoms with E-state index in [1.165, 1.54) is 20.4 Å². The molecule has 1 aromatic heterocycles. The largest absolute Gasteiger partial charge is 0.493 e. The van der Waals surface area contributed by atoms with Gasteiger partial charge >= 0.3 is 11.7 Å². The Morgan fingerprint density at radius 3 is 2.54 bits per heavy atom. The molecule has 1 amide bonds. The second kappa shape index (κ2) is 11.8. The number of hydrazone groups is 1. The second-order valence-electron chi connectivity index (χ2n) is 7.10. The lowest BCUT2D eigenvalue weighted by molar-refractivity contribution is -0.123. The van der Waals surface area contributed by atoms with E-state index in [2.05, 4.69) is 20.5 Å². The Morgan fingerprint density at radius 1 is 1.14 bits per heavy atom. The molecular formula is C24H24N4O6S. The van der Waals surface area contributed by atoms with Gasteiger partial charge in [0.2, 0.25) is 0 Å². The first-order valence-electron chi connectivity index (χ1n) is 10.3. The predicted octanol–water partition coefficient (Wildman–Crippen LogP) is 2.79. The Kier molecular flexibility index (Phi) is 8.63. The average molecular weight is 497 g/mol. The van der Waals surface area contributed by atoms with E-state index in [1.54, 1.807) is 36.9 Å². The molecule has 3 rings (SSSR count). The van der Waals surface area contributed by atoms with Crippen LogP contribution in [0.2, 0.25) is 0 Å². The van der Waals surface area contributed by atoms with Crippen molar-refractivity contribution in [2.75, 3.05) is 27.1 Å². The number of rotatable bonds is 9. The summed E-state index contributed by atoms with van der Waals surface area (Å²) >= 11 is 1.64. The number of methoxy groups -OCH3 is 2. The van der Waals surface area contributed by atoms with Crippen molar-refractivity contribution in [2.45, 2.75) is 11.8 Å². The maximum Gasteiger partial charge on any atom is 0.345 e. The van der Waals surface area contributed by atoms with Gasteiger partial charge in [-0.2, -0.15) is 10.1 Å². The number of aromatic nitrogens is 2. The first kappa shape index (κ1) is 25.5. The highest BCUT2D eigenvalue weighted by Crippen LogP contribution is 2.33. The lowest BCUT2D eigenvalue weighted by Crippen LogP contribution is -2.24. The Hall–Kier alpha value is -4.12. The fourth-order valence-electron chi connectivity index (χ4n) is 3.13. The van der Waals surface area contributed by atoms with E-state index in [-0.39, 0.29) is 29.4 Å². The molecule has 0 spiro atoms. The van der Waals surface area contributed by atoms with E-state index in [9.17, 15) is 14.4 Å². The lowest BCUT2D eigenvalue weighted by atomic mass is 10.0. The van der Waals surface area contributed by atoms with E-state index >= 15 is 0 Å². The molecule has 0 aliphatic heterocycles. The summed E-state index contributed by atoms with van der Waals surface area (Å²) in [7, 11) is 2.67. The van der Waals surface area contributed by atoms with Gasteiger partial charge in [0.15, 0.2) is 18.1 Å². The van der Waals surface area contributed by atoms with Crippen molar-refractivity contribution in [3.05, 3.63) is 69.8 Å². The maximum absolute atomic E-state index is 12.2. The molecular weight excluding hydrogens is 472 g/mol. The summed E-state index contributed by atoms with van der Waals surface area (Å²) in [5, 5.41) is 3.93. The Bertz CT molecular complexity index is 1300. The van der Waals surface area contributed by atoms with Crippen LogP contribution < -0.4 is 20.6 Å². The van der Waals surface area contributed by atoms with Gasteiger partial charge in [0, 0.05) is 16.2 Å². The summed E-state index contributed by atoms with van der Waals surface area (Å²) in [5.74, 6) is -0.543. The van der Waals surface area contributed by atoms with Crippen molar-refractivity contribution in [1.29, 1.82) is 0 Å². The number of esters is 1. The molecule has 0 atom stereocenters. The molecule has 0 bridgehead atoms. The third-order valence-electron chi connectivity index (χ3n) is 4.82. The number of hydrogen-bond donors (Lipinski definition) is 2. The lowest BCUT2D eigenvalue weighted by Gasteiger charge is -2.13. The van der Waals surface area contributed by atoms with Crippen LogP contribution in [0.3, 0.4) is 0 Å². The van der Waals surface area contributed by atoms with Crippen LogP contribution in [-0.2, 0) is 9.53 Å². The molecule has 11 heteroatoms. The number of carbonyl (C=O) groups is 2. The summed E-state index contributed by atoms with van der Waals surface area (Å²) in [6, 6.07) is 12.4. The summed E-state index contributed by atoms with van der Waals surface area (Å²) in [6.07, 6.45) is 3.53. The maximum atomic E-state index is 12.2. The zero-order valence-electron chi connectivity index (χ0n) is 19.6. The highest BCUT2D eigenvalue weighted by Gasteiger charge is 2.21. The number of thioether (sulfide) groups is 1. The number of carbonyl (C=O) groups excluding carboxylic acids is 2. The first-order chi connectivity index (χ1) is 16.9. The topological polar surface area (TPSA) is 132 Å². The van der Waals surface area contributed by atoms with Gasteiger partial charge in [-0.3, -0.25) is 4.79 Å². The number of amides is 1. The van der Waals surface area contributed by atoms with E-state index in [0.717, 1.165) is 10.5 Å². The summed E-state index contributed by atoms with van der Waals surface area (Å²) < 4.78 is 15.8. The number of aryl methyl sites for hydroxylation is 1. The average Bonchev–Trinajstić information content (AvgIpc) is 2.86. The molecule has 2 N–H and O–H groups in total. The molecule has 0 saturated carbocycles. The van der Waals surface area contributed by atoms with Crippen molar-refractivity contribution in [2.24, 2.45) is 5.10 Å². The standard InChI is InChI=1S/C24H24N4O6S/c1-14-21(23(30)33-3)22(27-24(31)26-14)16-7-10-18(19(11-16)32-2)34-13-20(29)28-25-12-15-5-8-17(35-4)9-6-15/h5-12H,13H2,1-4H3,(H,28,29)(H,26,27,31). The van der Waals surface area contributed by atoms with Gasteiger partial charge in [0.05, 0.1) is 26.1 Å². The minimum atomic E-state index is -0.641. The van der Waals surface area contributed by atoms with E-state index in [0.29, 0.717) is 11.3 Å². The molecule has 0 saturated heterocycles. The molecule has 0 unspecified atom stereocenters. The Morgan fingerprint density at radius 2 is 1.89 bits per heavy atom. The van der Waals surface area contributed by atoms with Gasteiger partial charge in [-0.25, -0.2) is 15.0 Å². The van der Waals surface area contributed by atoms with Gasteiger partial charge in [-0.05, 0) is 49.1 Å². The number of nitrogens with zero attached hydrogens (tertiary/aromatic N) is 2. The monoisotopic (exact) mass is 496 g/mol. The second-order valence-corrected chi connectivity index (χ2v) is 7.98. The van der Waals surface area contributed by atoms with Crippen LogP contribution in [-0.4, -0.2) is 55.1 Å². The van der Waals surface area contributed by atoms with E-state index in [4.69, 9.17) is 14.2 Å². The quantitative estimate of drug-likeness (QED) is 0.200.